The number of phosphoric acid groups is 1. The van der Waals surface area contributed by atoms with Crippen LogP contribution < -0.4 is 5.73 Å². The Morgan fingerprint density at radius 3 is 1.89 bits per heavy atom. The lowest BCUT2D eigenvalue weighted by molar-refractivity contribution is -0.154. The van der Waals surface area contributed by atoms with Gasteiger partial charge in [-0.25, -0.2) is 4.57 Å². The molecule has 0 aromatic heterocycles. The summed E-state index contributed by atoms with van der Waals surface area (Å²) in [7, 11) is -4.27. The first-order valence-electron chi connectivity index (χ1n) is 17.5. The number of esters is 1. The molecule has 0 bridgehead atoms. The van der Waals surface area contributed by atoms with Crippen molar-refractivity contribution in [2.75, 3.05) is 33.0 Å². The molecule has 0 aliphatic carbocycles. The summed E-state index contributed by atoms with van der Waals surface area (Å²) in [4.78, 5) is 22.3. The third kappa shape index (κ3) is 32.1. The summed E-state index contributed by atoms with van der Waals surface area (Å²) in [6.45, 7) is 4.77. The van der Waals surface area contributed by atoms with Crippen molar-refractivity contribution in [1.82, 2.24) is 0 Å². The van der Waals surface area contributed by atoms with E-state index in [9.17, 15) is 14.3 Å². The van der Waals surface area contributed by atoms with Crippen LogP contribution in [0.4, 0.5) is 0 Å². The molecule has 0 fully saturated rings. The van der Waals surface area contributed by atoms with Gasteiger partial charge in [0.05, 0.1) is 19.8 Å². The maximum absolute atomic E-state index is 12.5. The van der Waals surface area contributed by atoms with Crippen LogP contribution in [-0.4, -0.2) is 49.9 Å². The van der Waals surface area contributed by atoms with Gasteiger partial charge in [-0.2, -0.15) is 0 Å². The van der Waals surface area contributed by atoms with Crippen LogP contribution in [0.5, 0.6) is 0 Å². The van der Waals surface area contributed by atoms with Crippen LogP contribution in [0.2, 0.25) is 0 Å². The Balaban J connectivity index is 4.17. The van der Waals surface area contributed by atoms with E-state index in [2.05, 4.69) is 50.3 Å². The Labute approximate surface area is 269 Å². The lowest BCUT2D eigenvalue weighted by atomic mass is 10.1. The fraction of sp³-hybridized carbons (Fsp3) is 0.800. The van der Waals surface area contributed by atoms with Crippen LogP contribution in [-0.2, 0) is 27.9 Å². The Bertz CT molecular complexity index is 772. The van der Waals surface area contributed by atoms with E-state index in [4.69, 9.17) is 24.3 Å². The first kappa shape index (κ1) is 42.7. The number of hydrogen-bond acceptors (Lipinski definition) is 7. The Morgan fingerprint density at radius 2 is 1.25 bits per heavy atom. The van der Waals surface area contributed by atoms with Gasteiger partial charge in [0.15, 0.2) is 0 Å². The van der Waals surface area contributed by atoms with E-state index in [1.165, 1.54) is 64.2 Å². The molecule has 0 radical (unpaired) electrons. The fourth-order valence-corrected chi connectivity index (χ4v) is 5.19. The number of unbranched alkanes of at least 4 members (excludes halogenated alkanes) is 14. The van der Waals surface area contributed by atoms with E-state index in [1.807, 2.05) is 0 Å². The van der Waals surface area contributed by atoms with Crippen molar-refractivity contribution in [3.63, 3.8) is 0 Å². The lowest BCUT2D eigenvalue weighted by Crippen LogP contribution is -2.28. The average molecular weight is 644 g/mol. The van der Waals surface area contributed by atoms with E-state index in [0.29, 0.717) is 13.0 Å². The van der Waals surface area contributed by atoms with E-state index in [1.54, 1.807) is 0 Å². The van der Waals surface area contributed by atoms with Gasteiger partial charge in [-0.05, 0) is 57.8 Å². The largest absolute Gasteiger partial charge is 0.472 e. The van der Waals surface area contributed by atoms with Crippen molar-refractivity contribution in [2.45, 2.75) is 148 Å². The number of ether oxygens (including phenoxy) is 2. The molecule has 0 heterocycles. The molecule has 0 aliphatic rings. The van der Waals surface area contributed by atoms with Gasteiger partial charge in [0, 0.05) is 19.6 Å². The molecule has 258 valence electrons. The number of phosphoric ester groups is 1. The molecule has 0 aromatic rings. The highest BCUT2D eigenvalue weighted by Gasteiger charge is 2.25. The number of allylic oxidation sites excluding steroid dienone is 6. The summed E-state index contributed by atoms with van der Waals surface area (Å²) in [5.74, 6) is -0.350. The van der Waals surface area contributed by atoms with Crippen molar-refractivity contribution in [3.05, 3.63) is 36.5 Å². The maximum atomic E-state index is 12.5. The third-order valence-electron chi connectivity index (χ3n) is 7.01. The Morgan fingerprint density at radius 1 is 0.682 bits per heavy atom. The van der Waals surface area contributed by atoms with Crippen LogP contribution in [0.3, 0.4) is 0 Å². The zero-order valence-corrected chi connectivity index (χ0v) is 29.0. The maximum Gasteiger partial charge on any atom is 0.472 e. The summed E-state index contributed by atoms with van der Waals surface area (Å²) in [5, 5.41) is 0. The summed E-state index contributed by atoms with van der Waals surface area (Å²) in [6, 6.07) is 0. The van der Waals surface area contributed by atoms with Gasteiger partial charge in [0.25, 0.3) is 0 Å². The molecule has 0 spiro atoms. The number of nitrogens with two attached hydrogens (primary N) is 1. The molecule has 0 aromatic carbocycles. The molecule has 2 unspecified atom stereocenters. The second-order valence-corrected chi connectivity index (χ2v) is 12.8. The predicted molar refractivity (Wildman–Crippen MR) is 183 cm³/mol. The van der Waals surface area contributed by atoms with E-state index < -0.39 is 13.9 Å². The molecule has 0 aliphatic heterocycles. The topological polar surface area (TPSA) is 117 Å². The molecule has 8 nitrogen and oxygen atoms in total. The normalized spacial score (nSPS) is 14.2. The molecule has 9 heteroatoms. The van der Waals surface area contributed by atoms with Gasteiger partial charge in [0.2, 0.25) is 0 Å². The summed E-state index contributed by atoms with van der Waals surface area (Å²) < 4.78 is 33.2. The Hall–Kier alpha value is -1.28. The van der Waals surface area contributed by atoms with Crippen LogP contribution in [0, 0.1) is 0 Å². The standard InChI is InChI=1S/C35H66NO7P/c1-3-5-7-9-11-13-15-16-17-18-20-22-24-26-28-35(37)43-34(33-42-44(38,39)41-31-29-36)32-40-30-27-25-23-21-19-14-12-10-8-6-4-2/h8-11,15-16,34H,3-7,12-14,17-33,36H2,1-2H3,(H,38,39)/b10-8-,11-9-,16-15-. The van der Waals surface area contributed by atoms with E-state index in [0.717, 1.165) is 57.8 Å². The summed E-state index contributed by atoms with van der Waals surface area (Å²) >= 11 is 0. The van der Waals surface area contributed by atoms with E-state index >= 15 is 0 Å². The molecule has 3 N–H and O–H groups in total. The van der Waals surface area contributed by atoms with Crippen molar-refractivity contribution in [1.29, 1.82) is 0 Å². The molecule has 0 rings (SSSR count). The Kier molecular flexibility index (Phi) is 32.1. The first-order chi connectivity index (χ1) is 21.4. The lowest BCUT2D eigenvalue weighted by Gasteiger charge is -2.20. The molecular weight excluding hydrogens is 577 g/mol. The third-order valence-corrected chi connectivity index (χ3v) is 7.99. The van der Waals surface area contributed by atoms with Crippen molar-refractivity contribution in [3.8, 4) is 0 Å². The van der Waals surface area contributed by atoms with Crippen LogP contribution in [0.1, 0.15) is 142 Å². The average Bonchev–Trinajstić information content (AvgIpc) is 3.01. The second-order valence-electron chi connectivity index (χ2n) is 11.4. The van der Waals surface area contributed by atoms with E-state index in [-0.39, 0.29) is 32.3 Å². The zero-order valence-electron chi connectivity index (χ0n) is 28.1. The summed E-state index contributed by atoms with van der Waals surface area (Å²) in [6.07, 6.45) is 34.4. The molecule has 2 atom stereocenters. The molecular formula is C35H66NO7P. The highest BCUT2D eigenvalue weighted by Crippen LogP contribution is 2.43. The van der Waals surface area contributed by atoms with Crippen molar-refractivity contribution >= 4 is 13.8 Å². The highest BCUT2D eigenvalue weighted by molar-refractivity contribution is 7.47. The zero-order chi connectivity index (χ0) is 32.4. The minimum Gasteiger partial charge on any atom is -0.457 e. The molecule has 0 saturated heterocycles. The fourth-order valence-electron chi connectivity index (χ4n) is 4.42. The number of rotatable bonds is 33. The minimum absolute atomic E-state index is 0.0962. The monoisotopic (exact) mass is 643 g/mol. The molecule has 0 saturated carbocycles. The number of carbonyl (C=O) groups excluding carboxylic acids is 1. The summed E-state index contributed by atoms with van der Waals surface area (Å²) in [5.41, 5.74) is 5.34. The van der Waals surface area contributed by atoms with Gasteiger partial charge >= 0.3 is 13.8 Å². The minimum atomic E-state index is -4.27. The quantitative estimate of drug-likeness (QED) is 0.0314. The van der Waals surface area contributed by atoms with Gasteiger partial charge < -0.3 is 20.1 Å². The smallest absolute Gasteiger partial charge is 0.457 e. The number of carbonyl (C=O) groups is 1. The molecule has 44 heavy (non-hydrogen) atoms. The van der Waals surface area contributed by atoms with Gasteiger partial charge in [-0.1, -0.05) is 115 Å². The SMILES string of the molecule is CCC/C=C\CCCCCCCCOCC(COP(=O)(O)OCCN)OC(=O)CCCCCCC/C=C\C/C=C\CCCC. The van der Waals surface area contributed by atoms with Gasteiger partial charge in [-0.3, -0.25) is 13.8 Å². The highest BCUT2D eigenvalue weighted by atomic mass is 31.2. The van der Waals surface area contributed by atoms with Gasteiger partial charge in [0.1, 0.15) is 6.10 Å². The van der Waals surface area contributed by atoms with Crippen molar-refractivity contribution in [2.24, 2.45) is 5.73 Å². The van der Waals surface area contributed by atoms with Crippen LogP contribution in [0.25, 0.3) is 0 Å². The first-order valence-corrected chi connectivity index (χ1v) is 19.0. The number of hydrogen-bond donors (Lipinski definition) is 2. The van der Waals surface area contributed by atoms with Gasteiger partial charge in [-0.15, -0.1) is 0 Å². The second kappa shape index (κ2) is 33.1. The molecule has 0 amide bonds. The van der Waals surface area contributed by atoms with Crippen molar-refractivity contribution < 1.29 is 32.8 Å². The van der Waals surface area contributed by atoms with Crippen LogP contribution >= 0.6 is 7.82 Å². The predicted octanol–water partition coefficient (Wildman–Crippen LogP) is 9.52. The van der Waals surface area contributed by atoms with Crippen LogP contribution in [0.15, 0.2) is 36.5 Å².